The minimum absolute atomic E-state index is 0.0239. The van der Waals surface area contributed by atoms with E-state index in [1.165, 1.54) is 26.2 Å². The second-order valence-corrected chi connectivity index (χ2v) is 9.55. The van der Waals surface area contributed by atoms with Gasteiger partial charge in [0.1, 0.15) is 34.3 Å². The summed E-state index contributed by atoms with van der Waals surface area (Å²) in [4.78, 5) is 29.1. The summed E-state index contributed by atoms with van der Waals surface area (Å²) in [6.07, 6.45) is 5.08. The number of amides is 1. The predicted octanol–water partition coefficient (Wildman–Crippen LogP) is 0.945. The van der Waals surface area contributed by atoms with Gasteiger partial charge in [0.2, 0.25) is 16.0 Å². The maximum absolute atomic E-state index is 14.5. The molecule has 30 heavy (non-hydrogen) atoms. The average molecular weight is 433 g/mol. The Kier molecular flexibility index (Phi) is 4.68. The van der Waals surface area contributed by atoms with Gasteiger partial charge < -0.3 is 11.1 Å². The largest absolute Gasteiger partial charge is 0.369 e. The predicted molar refractivity (Wildman–Crippen MR) is 107 cm³/mol. The van der Waals surface area contributed by atoms with Crippen LogP contribution in [0.3, 0.4) is 0 Å². The summed E-state index contributed by atoms with van der Waals surface area (Å²) in [6.45, 7) is 1.42. The first-order valence-corrected chi connectivity index (χ1v) is 10.8. The third-order valence-electron chi connectivity index (χ3n) is 5.06. The zero-order chi connectivity index (χ0) is 21.7. The van der Waals surface area contributed by atoms with Crippen molar-refractivity contribution in [3.05, 3.63) is 47.4 Å². The molecule has 0 aromatic carbocycles. The van der Waals surface area contributed by atoms with E-state index in [9.17, 15) is 17.6 Å². The van der Waals surface area contributed by atoms with Crippen LogP contribution >= 0.6 is 0 Å². The molecule has 3 N–H and O–H groups in total. The highest BCUT2D eigenvalue weighted by atomic mass is 32.2. The van der Waals surface area contributed by atoms with E-state index in [-0.39, 0.29) is 23.2 Å². The third-order valence-corrected chi connectivity index (χ3v) is 7.01. The molecule has 4 rings (SSSR count). The molecule has 1 aliphatic heterocycles. The van der Waals surface area contributed by atoms with Crippen LogP contribution in [-0.4, -0.2) is 52.3 Å². The molecule has 158 valence electrons. The molecule has 1 amide bonds. The minimum Gasteiger partial charge on any atom is -0.369 e. The number of halogens is 1. The number of rotatable bonds is 4. The molecule has 1 fully saturated rings. The molecule has 2 aromatic rings. The highest BCUT2D eigenvalue weighted by Gasteiger charge is 2.43. The summed E-state index contributed by atoms with van der Waals surface area (Å²) < 4.78 is 40.1. The lowest BCUT2D eigenvalue weighted by Gasteiger charge is -2.33. The number of aromatic nitrogens is 3. The number of anilines is 1. The van der Waals surface area contributed by atoms with Crippen molar-refractivity contribution in [3.63, 3.8) is 0 Å². The van der Waals surface area contributed by atoms with E-state index >= 15 is 0 Å². The molecule has 3 heterocycles. The number of sulfonamides is 1. The SMILES string of the molecule is CN1C(N)=N[C@](C)(c2nc(NC(=O)c3cnc(C4CC4)cn3)ccc2F)CS1(=O)=O. The number of nitrogens with two attached hydrogens (primary N) is 1. The first-order chi connectivity index (χ1) is 14.1. The van der Waals surface area contributed by atoms with Gasteiger partial charge in [-0.25, -0.2) is 32.1 Å². The molecule has 1 atom stereocenters. The normalized spacial score (nSPS) is 23.0. The molecule has 1 saturated carbocycles. The molecule has 0 bridgehead atoms. The third kappa shape index (κ3) is 3.70. The molecule has 2 aliphatic rings. The van der Waals surface area contributed by atoms with Gasteiger partial charge in [0.25, 0.3) is 5.91 Å². The fraction of sp³-hybridized carbons (Fsp3) is 0.389. The van der Waals surface area contributed by atoms with Crippen molar-refractivity contribution in [2.24, 2.45) is 10.7 Å². The summed E-state index contributed by atoms with van der Waals surface area (Å²) in [7, 11) is -2.54. The van der Waals surface area contributed by atoms with Crippen molar-refractivity contribution < 1.29 is 17.6 Å². The van der Waals surface area contributed by atoms with E-state index in [4.69, 9.17) is 5.73 Å². The summed E-state index contributed by atoms with van der Waals surface area (Å²) in [6, 6.07) is 2.35. The van der Waals surface area contributed by atoms with Gasteiger partial charge in [0.15, 0.2) is 0 Å². The molecule has 0 saturated heterocycles. The standard InChI is InChI=1S/C18H20FN7O3S/c1-18(9-30(28,29)26(2)17(20)25-18)15-11(19)5-6-14(23-15)24-16(27)13-8-21-12(7-22-13)10-3-4-10/h5-8,10H,3-4,9H2,1-2H3,(H2,20,25)(H,23,24,27)/t18-/m0/s1. The highest BCUT2D eigenvalue weighted by Crippen LogP contribution is 2.38. The monoisotopic (exact) mass is 433 g/mol. The molecular weight excluding hydrogens is 413 g/mol. The van der Waals surface area contributed by atoms with Crippen LogP contribution in [0.25, 0.3) is 0 Å². The van der Waals surface area contributed by atoms with Crippen molar-refractivity contribution in [1.29, 1.82) is 0 Å². The van der Waals surface area contributed by atoms with Gasteiger partial charge in [-0.2, -0.15) is 0 Å². The molecule has 0 radical (unpaired) electrons. The molecular formula is C18H20FN7O3S. The fourth-order valence-electron chi connectivity index (χ4n) is 3.19. The van der Waals surface area contributed by atoms with E-state index in [0.717, 1.165) is 28.9 Å². The highest BCUT2D eigenvalue weighted by molar-refractivity contribution is 7.89. The smallest absolute Gasteiger partial charge is 0.277 e. The van der Waals surface area contributed by atoms with E-state index < -0.39 is 33.0 Å². The lowest BCUT2D eigenvalue weighted by molar-refractivity contribution is 0.102. The van der Waals surface area contributed by atoms with Crippen LogP contribution in [0.1, 0.15) is 47.6 Å². The Labute approximate surface area is 172 Å². The maximum Gasteiger partial charge on any atom is 0.277 e. The van der Waals surface area contributed by atoms with Crippen molar-refractivity contribution in [3.8, 4) is 0 Å². The fourth-order valence-corrected chi connectivity index (χ4v) is 4.62. The van der Waals surface area contributed by atoms with Crippen molar-refractivity contribution in [2.75, 3.05) is 18.1 Å². The first-order valence-electron chi connectivity index (χ1n) is 9.21. The average Bonchev–Trinajstić information content (AvgIpc) is 3.52. The number of hydrogen-bond donors (Lipinski definition) is 2. The van der Waals surface area contributed by atoms with Crippen LogP contribution in [-0.2, 0) is 15.6 Å². The lowest BCUT2D eigenvalue weighted by atomic mass is 10.00. The summed E-state index contributed by atoms with van der Waals surface area (Å²) in [5.41, 5.74) is 4.85. The van der Waals surface area contributed by atoms with Gasteiger partial charge in [-0.1, -0.05) is 0 Å². The number of aliphatic imine (C=N–C) groups is 1. The molecule has 2 aromatic heterocycles. The van der Waals surface area contributed by atoms with Crippen LogP contribution in [0.4, 0.5) is 10.2 Å². The van der Waals surface area contributed by atoms with Crippen molar-refractivity contribution in [1.82, 2.24) is 19.3 Å². The number of nitrogens with zero attached hydrogens (tertiary/aromatic N) is 5. The van der Waals surface area contributed by atoms with E-state index in [2.05, 4.69) is 25.3 Å². The number of nitrogens with one attached hydrogen (secondary N) is 1. The summed E-state index contributed by atoms with van der Waals surface area (Å²) >= 11 is 0. The number of carbonyl (C=O) groups excluding carboxylic acids is 1. The van der Waals surface area contributed by atoms with Crippen molar-refractivity contribution >= 4 is 27.7 Å². The Bertz CT molecular complexity index is 1150. The number of carbonyl (C=O) groups is 1. The van der Waals surface area contributed by atoms with Crippen LogP contribution < -0.4 is 11.1 Å². The zero-order valence-electron chi connectivity index (χ0n) is 16.3. The van der Waals surface area contributed by atoms with Gasteiger partial charge >= 0.3 is 0 Å². The van der Waals surface area contributed by atoms with Crippen LogP contribution in [0.15, 0.2) is 29.5 Å². The number of hydrogen-bond acceptors (Lipinski definition) is 8. The second kappa shape index (κ2) is 6.97. The zero-order valence-corrected chi connectivity index (χ0v) is 17.1. The Hall–Kier alpha value is -3.15. The molecule has 10 nitrogen and oxygen atoms in total. The van der Waals surface area contributed by atoms with E-state index in [1.807, 2.05) is 0 Å². The van der Waals surface area contributed by atoms with Gasteiger partial charge in [-0.05, 0) is 31.9 Å². The van der Waals surface area contributed by atoms with Crippen LogP contribution in [0.5, 0.6) is 0 Å². The molecule has 0 spiro atoms. The second-order valence-electron chi connectivity index (χ2n) is 7.55. The molecule has 12 heteroatoms. The lowest BCUT2D eigenvalue weighted by Crippen LogP contribution is -2.50. The Morgan fingerprint density at radius 3 is 2.63 bits per heavy atom. The molecule has 1 aliphatic carbocycles. The van der Waals surface area contributed by atoms with Gasteiger partial charge in [-0.15, -0.1) is 0 Å². The Balaban J connectivity index is 1.61. The van der Waals surface area contributed by atoms with Crippen molar-refractivity contribution in [2.45, 2.75) is 31.2 Å². The quantitative estimate of drug-likeness (QED) is 0.730. The summed E-state index contributed by atoms with van der Waals surface area (Å²) in [5.74, 6) is -1.69. The Morgan fingerprint density at radius 1 is 1.30 bits per heavy atom. The van der Waals surface area contributed by atoms with Crippen LogP contribution in [0, 0.1) is 5.82 Å². The Morgan fingerprint density at radius 2 is 2.03 bits per heavy atom. The van der Waals surface area contributed by atoms with Crippen LogP contribution in [0.2, 0.25) is 0 Å². The van der Waals surface area contributed by atoms with E-state index in [0.29, 0.717) is 5.92 Å². The van der Waals surface area contributed by atoms with Gasteiger partial charge in [-0.3, -0.25) is 9.78 Å². The number of pyridine rings is 1. The van der Waals surface area contributed by atoms with Gasteiger partial charge in [0.05, 0.1) is 11.9 Å². The molecule has 0 unspecified atom stereocenters. The van der Waals surface area contributed by atoms with E-state index in [1.54, 1.807) is 6.20 Å². The minimum atomic E-state index is -3.80. The van der Waals surface area contributed by atoms with Gasteiger partial charge in [0, 0.05) is 19.2 Å². The number of guanidine groups is 1. The summed E-state index contributed by atoms with van der Waals surface area (Å²) in [5, 5.41) is 2.53. The maximum atomic E-state index is 14.5. The topological polar surface area (TPSA) is 144 Å². The first kappa shape index (κ1) is 20.1.